The molecule has 1 aliphatic heterocycles. The van der Waals surface area contributed by atoms with Crippen molar-refractivity contribution < 1.29 is 4.52 Å². The van der Waals surface area contributed by atoms with Crippen molar-refractivity contribution in [2.75, 3.05) is 17.2 Å². The highest BCUT2D eigenvalue weighted by Crippen LogP contribution is 2.43. The molecule has 112 valence electrons. The molecule has 4 nitrogen and oxygen atoms in total. The van der Waals surface area contributed by atoms with Crippen LogP contribution >= 0.6 is 39.5 Å². The molecule has 0 saturated carbocycles. The number of thioether (sulfide) groups is 2. The Kier molecular flexibility index (Phi) is 4.81. The van der Waals surface area contributed by atoms with Gasteiger partial charge in [-0.1, -0.05) is 28.0 Å². The van der Waals surface area contributed by atoms with E-state index in [1.54, 1.807) is 0 Å². The highest BCUT2D eigenvalue weighted by molar-refractivity contribution is 9.10. The molecule has 1 saturated heterocycles. The van der Waals surface area contributed by atoms with Gasteiger partial charge in [0.05, 0.1) is 5.25 Å². The molecule has 21 heavy (non-hydrogen) atoms. The molecule has 0 aliphatic carbocycles. The molecule has 1 aromatic heterocycles. The third-order valence-corrected chi connectivity index (χ3v) is 7.02. The third-order valence-electron chi connectivity index (χ3n) is 3.32. The standard InChI is InChI=1S/C14H16BrN3OS2/c1-2-11-12(21-4-3-20-11)13-17-14(19-18-13)8-5-9(15)7-10(16)6-8/h5-7,11-12H,2-4,16H2,1H3. The quantitative estimate of drug-likeness (QED) is 0.790. The molecular weight excluding hydrogens is 370 g/mol. The maximum atomic E-state index is 5.86. The molecule has 0 radical (unpaired) electrons. The zero-order valence-electron chi connectivity index (χ0n) is 11.6. The highest BCUT2D eigenvalue weighted by Gasteiger charge is 2.30. The first kappa shape index (κ1) is 15.2. The molecule has 3 rings (SSSR count). The Morgan fingerprint density at radius 1 is 1.33 bits per heavy atom. The van der Waals surface area contributed by atoms with Gasteiger partial charge in [-0.2, -0.15) is 16.7 Å². The summed E-state index contributed by atoms with van der Waals surface area (Å²) in [6.45, 7) is 2.21. The van der Waals surface area contributed by atoms with Crippen LogP contribution in [0.2, 0.25) is 0 Å². The Bertz CT molecular complexity index is 614. The zero-order valence-corrected chi connectivity index (χ0v) is 14.8. The van der Waals surface area contributed by atoms with Gasteiger partial charge in [-0.15, -0.1) is 11.8 Å². The highest BCUT2D eigenvalue weighted by atomic mass is 79.9. The van der Waals surface area contributed by atoms with Crippen molar-refractivity contribution in [1.82, 2.24) is 10.1 Å². The molecule has 2 heterocycles. The van der Waals surface area contributed by atoms with Crippen LogP contribution < -0.4 is 5.73 Å². The topological polar surface area (TPSA) is 64.9 Å². The van der Waals surface area contributed by atoms with Crippen molar-refractivity contribution in [2.24, 2.45) is 0 Å². The van der Waals surface area contributed by atoms with Crippen LogP contribution in [0.15, 0.2) is 27.2 Å². The Balaban J connectivity index is 1.88. The lowest BCUT2D eigenvalue weighted by atomic mass is 10.2. The Hall–Kier alpha value is -0.660. The number of benzene rings is 1. The van der Waals surface area contributed by atoms with Gasteiger partial charge in [0.1, 0.15) is 0 Å². The largest absolute Gasteiger partial charge is 0.399 e. The van der Waals surface area contributed by atoms with E-state index in [2.05, 4.69) is 33.0 Å². The maximum absolute atomic E-state index is 5.86. The summed E-state index contributed by atoms with van der Waals surface area (Å²) < 4.78 is 6.36. The van der Waals surface area contributed by atoms with E-state index in [9.17, 15) is 0 Å². The van der Waals surface area contributed by atoms with Gasteiger partial charge in [0.15, 0.2) is 5.82 Å². The van der Waals surface area contributed by atoms with Crippen LogP contribution in [-0.2, 0) is 0 Å². The van der Waals surface area contributed by atoms with Gasteiger partial charge < -0.3 is 10.3 Å². The zero-order chi connectivity index (χ0) is 14.8. The number of hydrogen-bond donors (Lipinski definition) is 1. The molecule has 7 heteroatoms. The summed E-state index contributed by atoms with van der Waals surface area (Å²) in [6, 6.07) is 5.64. The summed E-state index contributed by atoms with van der Waals surface area (Å²) in [5.41, 5.74) is 7.39. The Labute approximate surface area is 140 Å². The number of nitrogen functional groups attached to an aromatic ring is 1. The molecule has 1 fully saturated rings. The molecule has 2 N–H and O–H groups in total. The smallest absolute Gasteiger partial charge is 0.258 e. The summed E-state index contributed by atoms with van der Waals surface area (Å²) in [5.74, 6) is 3.67. The number of halogens is 1. The molecule has 0 amide bonds. The fourth-order valence-corrected chi connectivity index (χ4v) is 5.84. The van der Waals surface area contributed by atoms with Crippen LogP contribution in [0.3, 0.4) is 0 Å². The summed E-state index contributed by atoms with van der Waals surface area (Å²) in [7, 11) is 0. The predicted molar refractivity (Wildman–Crippen MR) is 93.6 cm³/mol. The normalized spacial score (nSPS) is 22.4. The monoisotopic (exact) mass is 385 g/mol. The number of anilines is 1. The lowest BCUT2D eigenvalue weighted by Gasteiger charge is -2.27. The second kappa shape index (κ2) is 6.62. The molecule has 0 bridgehead atoms. The van der Waals surface area contributed by atoms with Crippen molar-refractivity contribution in [3.8, 4) is 11.5 Å². The Morgan fingerprint density at radius 2 is 2.14 bits per heavy atom. The SMILES string of the molecule is CCC1SCCSC1c1noc(-c2cc(N)cc(Br)c2)n1. The van der Waals surface area contributed by atoms with Crippen molar-refractivity contribution in [1.29, 1.82) is 0 Å². The summed E-state index contributed by atoms with van der Waals surface area (Å²) in [4.78, 5) is 4.60. The van der Waals surface area contributed by atoms with Crippen molar-refractivity contribution >= 4 is 45.1 Å². The summed E-state index contributed by atoms with van der Waals surface area (Å²) in [6.07, 6.45) is 1.12. The first-order chi connectivity index (χ1) is 10.2. The minimum absolute atomic E-state index is 0.316. The van der Waals surface area contributed by atoms with E-state index in [0.29, 0.717) is 22.1 Å². The van der Waals surface area contributed by atoms with E-state index in [4.69, 9.17) is 10.3 Å². The van der Waals surface area contributed by atoms with Gasteiger partial charge in [0.25, 0.3) is 5.89 Å². The van der Waals surface area contributed by atoms with Crippen LogP contribution in [0, 0.1) is 0 Å². The van der Waals surface area contributed by atoms with Crippen LogP contribution in [0.4, 0.5) is 5.69 Å². The summed E-state index contributed by atoms with van der Waals surface area (Å²) >= 11 is 7.37. The average Bonchev–Trinajstić information content (AvgIpc) is 2.96. The lowest BCUT2D eigenvalue weighted by molar-refractivity contribution is 0.421. The van der Waals surface area contributed by atoms with Gasteiger partial charge in [-0.05, 0) is 24.6 Å². The lowest BCUT2D eigenvalue weighted by Crippen LogP contribution is -2.19. The number of aromatic nitrogens is 2. The second-order valence-corrected chi connectivity index (χ2v) is 8.35. The van der Waals surface area contributed by atoms with Crippen LogP contribution in [0.5, 0.6) is 0 Å². The minimum Gasteiger partial charge on any atom is -0.399 e. The van der Waals surface area contributed by atoms with Crippen molar-refractivity contribution in [2.45, 2.75) is 23.8 Å². The van der Waals surface area contributed by atoms with E-state index in [-0.39, 0.29) is 0 Å². The third kappa shape index (κ3) is 3.40. The number of nitrogens with two attached hydrogens (primary N) is 1. The van der Waals surface area contributed by atoms with E-state index < -0.39 is 0 Å². The molecule has 0 spiro atoms. The molecule has 1 aromatic carbocycles. The predicted octanol–water partition coefficient (Wildman–Crippen LogP) is 4.38. The van der Waals surface area contributed by atoms with Gasteiger partial charge in [0.2, 0.25) is 0 Å². The van der Waals surface area contributed by atoms with E-state index in [1.807, 2.05) is 41.7 Å². The van der Waals surface area contributed by atoms with E-state index in [1.165, 1.54) is 5.75 Å². The summed E-state index contributed by atoms with van der Waals surface area (Å²) in [5, 5.41) is 5.07. The van der Waals surface area contributed by atoms with Gasteiger partial charge in [-0.3, -0.25) is 0 Å². The van der Waals surface area contributed by atoms with Crippen molar-refractivity contribution in [3.05, 3.63) is 28.5 Å². The number of rotatable bonds is 3. The average molecular weight is 386 g/mol. The minimum atomic E-state index is 0.316. The maximum Gasteiger partial charge on any atom is 0.258 e. The molecule has 2 unspecified atom stereocenters. The number of nitrogens with zero attached hydrogens (tertiary/aromatic N) is 2. The first-order valence-corrected chi connectivity index (χ1v) is 9.69. The van der Waals surface area contributed by atoms with Crippen LogP contribution in [0.1, 0.15) is 24.4 Å². The fraction of sp³-hybridized carbons (Fsp3) is 0.429. The van der Waals surface area contributed by atoms with E-state index >= 15 is 0 Å². The first-order valence-electron chi connectivity index (χ1n) is 6.80. The van der Waals surface area contributed by atoms with Gasteiger partial charge in [0, 0.05) is 32.5 Å². The van der Waals surface area contributed by atoms with Crippen LogP contribution in [-0.4, -0.2) is 26.9 Å². The van der Waals surface area contributed by atoms with Gasteiger partial charge >= 0.3 is 0 Å². The Morgan fingerprint density at radius 3 is 2.90 bits per heavy atom. The van der Waals surface area contributed by atoms with Crippen LogP contribution in [0.25, 0.3) is 11.5 Å². The second-order valence-electron chi connectivity index (χ2n) is 4.84. The number of hydrogen-bond acceptors (Lipinski definition) is 6. The fourth-order valence-electron chi connectivity index (χ4n) is 2.35. The molecule has 2 atom stereocenters. The molecule has 1 aliphatic rings. The van der Waals surface area contributed by atoms with Gasteiger partial charge in [-0.25, -0.2) is 0 Å². The molecule has 2 aromatic rings. The van der Waals surface area contributed by atoms with Crippen molar-refractivity contribution in [3.63, 3.8) is 0 Å². The molecular formula is C14H16BrN3OS2. The van der Waals surface area contributed by atoms with E-state index in [0.717, 1.165) is 28.0 Å².